The highest BCUT2D eigenvalue weighted by Gasteiger charge is 2.46. The highest BCUT2D eigenvalue weighted by molar-refractivity contribution is 7.13. The molecule has 6 rings (SSSR count). The third kappa shape index (κ3) is 13.0. The molecule has 5 N–H and O–H groups in total. The molecule has 5 heterocycles. The Morgan fingerprint density at radius 2 is 1.71 bits per heavy atom. The van der Waals surface area contributed by atoms with Gasteiger partial charge in [-0.25, -0.2) is 24.3 Å². The molecule has 1 saturated heterocycles. The van der Waals surface area contributed by atoms with Crippen LogP contribution >= 0.6 is 34.5 Å². The third-order valence-electron chi connectivity index (χ3n) is 11.3. The second-order valence-electron chi connectivity index (χ2n) is 17.4. The maximum absolute atomic E-state index is 14.1. The lowest BCUT2D eigenvalue weighted by molar-refractivity contribution is -0.149. The molecule has 1 unspecified atom stereocenters. The first-order chi connectivity index (χ1) is 31.5. The summed E-state index contributed by atoms with van der Waals surface area (Å²) in [6, 6.07) is 9.56. The number of carbonyl (C=O) groups is 4. The van der Waals surface area contributed by atoms with Gasteiger partial charge in [-0.05, 0) is 55.8 Å². The monoisotopic (exact) mass is 964 g/mol. The number of aliphatic hydroxyl groups excluding tert-OH is 1. The molecule has 4 amide bonds. The van der Waals surface area contributed by atoms with Crippen LogP contribution in [-0.2, 0) is 25.7 Å². The van der Waals surface area contributed by atoms with Crippen LogP contribution in [-0.4, -0.2) is 104 Å². The number of nitrogens with one attached hydrogen (secondary N) is 4. The average Bonchev–Trinajstić information content (AvgIpc) is 4.00. The number of aromatic nitrogens is 5. The zero-order chi connectivity index (χ0) is 47.5. The number of aliphatic hydroxyl groups is 1. The van der Waals surface area contributed by atoms with E-state index in [1.165, 1.54) is 27.9 Å². The van der Waals surface area contributed by atoms with Gasteiger partial charge in [0.2, 0.25) is 17.7 Å². The molecule has 5 aromatic rings. The zero-order valence-corrected chi connectivity index (χ0v) is 40.4. The second-order valence-corrected chi connectivity index (χ2v) is 19.0. The van der Waals surface area contributed by atoms with Gasteiger partial charge in [0.05, 0.1) is 50.9 Å². The van der Waals surface area contributed by atoms with Crippen LogP contribution in [0.2, 0.25) is 10.2 Å². The van der Waals surface area contributed by atoms with E-state index in [-0.39, 0.29) is 60.9 Å². The molecule has 354 valence electrons. The van der Waals surface area contributed by atoms with E-state index in [9.17, 15) is 24.3 Å². The lowest BCUT2D eigenvalue weighted by Gasteiger charge is -2.34. The van der Waals surface area contributed by atoms with Gasteiger partial charge in [-0.15, -0.1) is 11.3 Å². The molecule has 1 aromatic carbocycles. The standard InChI is InChI=1S/C46H58Cl2N10O7S/c1-27-41(66-26-53-27)30-14-12-29(13-15-30)22-51-42(61)35-20-32(59)25-57(35)44(62)39(46(3,4)5)36(60)11-9-7-8-10-16-49-17-18-65-43-33(19-31(47)23-52-43)54-45(63)55-34-24-50-38-21-37(48)56-58(38)40(34)28(2)64-6/h12-15,19,21,23-24,26,28,32,35,39,49,59H,7-11,16-18,20,22,25H2,1-6H3,(H,51,61)(H2,54,55,63)/t28-,32-,35+,39?/m0/s1. The van der Waals surface area contributed by atoms with Gasteiger partial charge >= 0.3 is 6.03 Å². The number of Topliss-reactive ketones (excluding diaryl/α,β-unsaturated/α-hetero) is 1. The van der Waals surface area contributed by atoms with Crippen LogP contribution in [0.5, 0.6) is 5.88 Å². The summed E-state index contributed by atoms with van der Waals surface area (Å²) < 4.78 is 12.9. The fraction of sp³-hybridized carbons (Fsp3) is 0.478. The number of thiazole rings is 1. The number of fused-ring (bicyclic) bond motifs is 1. The number of benzene rings is 1. The van der Waals surface area contributed by atoms with E-state index < -0.39 is 41.5 Å². The number of anilines is 2. The number of urea groups is 1. The fourth-order valence-electron chi connectivity index (χ4n) is 7.94. The lowest BCUT2D eigenvalue weighted by atomic mass is 9.76. The Bertz CT molecular complexity index is 2480. The van der Waals surface area contributed by atoms with E-state index in [4.69, 9.17) is 32.7 Å². The predicted molar refractivity (Wildman–Crippen MR) is 255 cm³/mol. The Labute approximate surface area is 398 Å². The van der Waals surface area contributed by atoms with Crippen LogP contribution in [0.1, 0.15) is 89.3 Å². The number of halogens is 2. The van der Waals surface area contributed by atoms with Crippen molar-refractivity contribution in [1.82, 2.24) is 40.1 Å². The minimum absolute atomic E-state index is 0.00119. The molecule has 66 heavy (non-hydrogen) atoms. The number of nitrogens with zero attached hydrogens (tertiary/aromatic N) is 6. The van der Waals surface area contributed by atoms with Crippen molar-refractivity contribution in [2.75, 3.05) is 44.0 Å². The molecule has 0 bridgehead atoms. The number of methoxy groups -OCH3 is 1. The minimum atomic E-state index is -0.949. The largest absolute Gasteiger partial charge is 0.475 e. The predicted octanol–water partition coefficient (Wildman–Crippen LogP) is 7.64. The lowest BCUT2D eigenvalue weighted by Crippen LogP contribution is -2.51. The summed E-state index contributed by atoms with van der Waals surface area (Å²) in [5, 5.41) is 27.2. The molecular weight excluding hydrogens is 908 g/mol. The van der Waals surface area contributed by atoms with Crippen LogP contribution in [0, 0.1) is 18.3 Å². The van der Waals surface area contributed by atoms with Crippen molar-refractivity contribution in [3.8, 4) is 16.3 Å². The van der Waals surface area contributed by atoms with Gasteiger partial charge in [0.15, 0.2) is 10.8 Å². The van der Waals surface area contributed by atoms with Crippen LogP contribution < -0.4 is 26.0 Å². The van der Waals surface area contributed by atoms with Crippen molar-refractivity contribution in [3.05, 3.63) is 81.4 Å². The van der Waals surface area contributed by atoms with Crippen molar-refractivity contribution in [2.24, 2.45) is 11.3 Å². The number of amides is 4. The first-order valence-electron chi connectivity index (χ1n) is 22.0. The number of likely N-dealkylation sites (tertiary alicyclic amines) is 1. The van der Waals surface area contributed by atoms with Gasteiger partial charge in [0, 0.05) is 51.8 Å². The van der Waals surface area contributed by atoms with E-state index >= 15 is 0 Å². The molecule has 4 atom stereocenters. The number of rotatable bonds is 21. The van der Waals surface area contributed by atoms with Gasteiger partial charge in [0.1, 0.15) is 30.0 Å². The Morgan fingerprint density at radius 1 is 0.970 bits per heavy atom. The molecule has 1 fully saturated rings. The summed E-state index contributed by atoms with van der Waals surface area (Å²) >= 11 is 13.9. The normalized spacial score (nSPS) is 16.0. The number of β-amino-alcohol motifs (C(OH)–C–C–N with tert-alkyl or cyclic N) is 1. The van der Waals surface area contributed by atoms with E-state index in [1.807, 2.05) is 64.4 Å². The van der Waals surface area contributed by atoms with E-state index in [1.54, 1.807) is 24.5 Å². The van der Waals surface area contributed by atoms with Gasteiger partial charge in [-0.3, -0.25) is 14.4 Å². The number of ether oxygens (including phenoxy) is 2. The van der Waals surface area contributed by atoms with Crippen LogP contribution in [0.15, 0.2) is 54.3 Å². The van der Waals surface area contributed by atoms with Crippen LogP contribution in [0.4, 0.5) is 16.2 Å². The highest BCUT2D eigenvalue weighted by Crippen LogP contribution is 2.34. The number of carbonyl (C=O) groups excluding carboxylic acids is 4. The topological polar surface area (TPSA) is 214 Å². The molecule has 17 nitrogen and oxygen atoms in total. The van der Waals surface area contributed by atoms with Crippen molar-refractivity contribution < 1.29 is 33.8 Å². The SMILES string of the molecule is CO[C@@H](C)c1c(NC(=O)Nc2cc(Cl)cnc2OCCNCCCCCCC(=O)C(C(=O)N2C[C@@H](O)C[C@@H]2C(=O)NCc2ccc(-c3scnc3C)cc2)C(C)(C)C)cnc2cc(Cl)nn12. The fourth-order valence-corrected chi connectivity index (χ4v) is 9.09. The van der Waals surface area contributed by atoms with Crippen LogP contribution in [0.3, 0.4) is 0 Å². The number of hydrogen-bond donors (Lipinski definition) is 5. The molecule has 4 aromatic heterocycles. The maximum atomic E-state index is 14.1. The summed E-state index contributed by atoms with van der Waals surface area (Å²) in [7, 11) is 1.54. The maximum Gasteiger partial charge on any atom is 0.323 e. The number of ketones is 1. The van der Waals surface area contributed by atoms with E-state index in [0.29, 0.717) is 41.6 Å². The molecule has 0 spiro atoms. The smallest absolute Gasteiger partial charge is 0.323 e. The van der Waals surface area contributed by atoms with E-state index in [0.717, 1.165) is 41.0 Å². The van der Waals surface area contributed by atoms with Crippen molar-refractivity contribution >= 4 is 75.2 Å². The van der Waals surface area contributed by atoms with Crippen molar-refractivity contribution in [1.29, 1.82) is 0 Å². The van der Waals surface area contributed by atoms with Gasteiger partial charge in [-0.2, -0.15) is 5.10 Å². The Morgan fingerprint density at radius 3 is 2.42 bits per heavy atom. The van der Waals surface area contributed by atoms with Crippen LogP contribution in [0.25, 0.3) is 16.1 Å². The first kappa shape index (κ1) is 50.2. The van der Waals surface area contributed by atoms with Crippen molar-refractivity contribution in [3.63, 3.8) is 0 Å². The summed E-state index contributed by atoms with van der Waals surface area (Å²) in [4.78, 5) is 69.8. The number of hydrogen-bond acceptors (Lipinski definition) is 13. The zero-order valence-electron chi connectivity index (χ0n) is 38.0. The third-order valence-corrected chi connectivity index (χ3v) is 12.7. The van der Waals surface area contributed by atoms with E-state index in [2.05, 4.69) is 41.3 Å². The highest BCUT2D eigenvalue weighted by atomic mass is 35.5. The summed E-state index contributed by atoms with van der Waals surface area (Å²) in [5.74, 6) is -1.70. The molecule has 0 saturated carbocycles. The summed E-state index contributed by atoms with van der Waals surface area (Å²) in [6.07, 6.45) is 5.10. The molecule has 20 heteroatoms. The van der Waals surface area contributed by atoms with Gasteiger partial charge in [-0.1, -0.05) is 81.1 Å². The number of aryl methyl sites for hydroxylation is 1. The van der Waals surface area contributed by atoms with Crippen molar-refractivity contribution in [2.45, 2.75) is 97.9 Å². The Kier molecular flexibility index (Phi) is 17.5. The molecule has 0 radical (unpaired) electrons. The Balaban J connectivity index is 0.905. The Hall–Kier alpha value is -5.24. The molecule has 1 aliphatic heterocycles. The molecule has 1 aliphatic rings. The van der Waals surface area contributed by atoms with Gasteiger partial charge in [0.25, 0.3) is 0 Å². The number of pyridine rings is 1. The summed E-state index contributed by atoms with van der Waals surface area (Å²) in [5.41, 5.74) is 5.71. The molecular formula is C46H58Cl2N10O7S. The van der Waals surface area contributed by atoms with Gasteiger partial charge < -0.3 is 40.7 Å². The average molecular weight is 966 g/mol. The first-order valence-corrected chi connectivity index (χ1v) is 23.6. The minimum Gasteiger partial charge on any atom is -0.475 e. The quantitative estimate of drug-likeness (QED) is 0.0355. The second kappa shape index (κ2) is 23.0. The molecule has 0 aliphatic carbocycles. The summed E-state index contributed by atoms with van der Waals surface area (Å²) in [6.45, 7) is 11.1. The number of unbranched alkanes of at least 4 members (excludes halogenated alkanes) is 3.